The molecule has 0 saturated carbocycles. The fourth-order valence-corrected chi connectivity index (χ4v) is 0.857. The van der Waals surface area contributed by atoms with Gasteiger partial charge in [-0.05, 0) is 14.1 Å². The maximum Gasteiger partial charge on any atom is 0.144 e. The van der Waals surface area contributed by atoms with Crippen LogP contribution in [0.3, 0.4) is 0 Å². The zero-order valence-electron chi connectivity index (χ0n) is 7.78. The average molecular weight is 169 g/mol. The molecule has 1 aromatic rings. The monoisotopic (exact) mass is 169 g/mol. The van der Waals surface area contributed by atoms with E-state index in [1.807, 2.05) is 21.1 Å². The SMILES string of the molecule is CN(C)CCNc1cnnn1C. The number of aromatic nitrogens is 3. The maximum absolute atomic E-state index is 3.80. The fourth-order valence-electron chi connectivity index (χ4n) is 0.857. The molecule has 1 rings (SSSR count). The van der Waals surface area contributed by atoms with Crippen molar-refractivity contribution in [3.8, 4) is 0 Å². The van der Waals surface area contributed by atoms with Gasteiger partial charge in [0.1, 0.15) is 5.82 Å². The van der Waals surface area contributed by atoms with Gasteiger partial charge in [0.05, 0.1) is 6.20 Å². The molecule has 1 heterocycles. The number of nitrogens with one attached hydrogen (secondary N) is 1. The van der Waals surface area contributed by atoms with Crippen LogP contribution in [-0.4, -0.2) is 47.1 Å². The summed E-state index contributed by atoms with van der Waals surface area (Å²) in [5.74, 6) is 0.955. The lowest BCUT2D eigenvalue weighted by Gasteiger charge is -2.10. The summed E-state index contributed by atoms with van der Waals surface area (Å²) >= 11 is 0. The van der Waals surface area contributed by atoms with Crippen molar-refractivity contribution in [1.82, 2.24) is 19.9 Å². The highest BCUT2D eigenvalue weighted by Crippen LogP contribution is 1.98. The van der Waals surface area contributed by atoms with E-state index in [9.17, 15) is 0 Å². The molecular formula is C7H15N5. The molecule has 0 atom stereocenters. The largest absolute Gasteiger partial charge is 0.368 e. The Labute approximate surface area is 72.4 Å². The Kier molecular flexibility index (Phi) is 3.04. The van der Waals surface area contributed by atoms with Gasteiger partial charge in [-0.3, -0.25) is 0 Å². The van der Waals surface area contributed by atoms with E-state index >= 15 is 0 Å². The smallest absolute Gasteiger partial charge is 0.144 e. The van der Waals surface area contributed by atoms with Crippen molar-refractivity contribution in [2.45, 2.75) is 0 Å². The molecule has 68 valence electrons. The van der Waals surface area contributed by atoms with Crippen molar-refractivity contribution in [1.29, 1.82) is 0 Å². The Morgan fingerprint density at radius 1 is 1.58 bits per heavy atom. The quantitative estimate of drug-likeness (QED) is 0.677. The molecule has 0 amide bonds. The number of rotatable bonds is 4. The molecule has 0 aliphatic rings. The van der Waals surface area contributed by atoms with E-state index in [1.54, 1.807) is 10.9 Å². The summed E-state index contributed by atoms with van der Waals surface area (Å²) in [5, 5.41) is 10.8. The molecule has 5 heteroatoms. The Hall–Kier alpha value is -1.10. The Balaban J connectivity index is 2.29. The summed E-state index contributed by atoms with van der Waals surface area (Å²) in [7, 11) is 5.96. The van der Waals surface area contributed by atoms with E-state index in [0.717, 1.165) is 18.9 Å². The lowest BCUT2D eigenvalue weighted by molar-refractivity contribution is 0.424. The number of hydrogen-bond acceptors (Lipinski definition) is 4. The molecule has 0 saturated heterocycles. The van der Waals surface area contributed by atoms with Crippen LogP contribution in [0.15, 0.2) is 6.20 Å². The molecule has 0 bridgehead atoms. The fraction of sp³-hybridized carbons (Fsp3) is 0.714. The highest BCUT2D eigenvalue weighted by Gasteiger charge is 1.97. The van der Waals surface area contributed by atoms with Crippen LogP contribution in [0.5, 0.6) is 0 Å². The average Bonchev–Trinajstić information content (AvgIpc) is 2.36. The van der Waals surface area contributed by atoms with Crippen molar-refractivity contribution in [3.05, 3.63) is 6.20 Å². The highest BCUT2D eigenvalue weighted by atomic mass is 15.4. The normalized spacial score (nSPS) is 10.7. The second-order valence-electron chi connectivity index (χ2n) is 2.97. The molecule has 0 aliphatic heterocycles. The van der Waals surface area contributed by atoms with Crippen LogP contribution in [-0.2, 0) is 7.05 Å². The number of likely N-dealkylation sites (N-methyl/N-ethyl adjacent to an activating group) is 1. The summed E-state index contributed by atoms with van der Waals surface area (Å²) in [6.07, 6.45) is 1.72. The minimum Gasteiger partial charge on any atom is -0.368 e. The van der Waals surface area contributed by atoms with Crippen molar-refractivity contribution < 1.29 is 0 Å². The highest BCUT2D eigenvalue weighted by molar-refractivity contribution is 5.30. The van der Waals surface area contributed by atoms with Crippen LogP contribution in [0.1, 0.15) is 0 Å². The predicted molar refractivity (Wildman–Crippen MR) is 48.0 cm³/mol. The first kappa shape index (κ1) is 8.99. The number of anilines is 1. The first-order chi connectivity index (χ1) is 5.70. The summed E-state index contributed by atoms with van der Waals surface area (Å²) in [5.41, 5.74) is 0. The van der Waals surface area contributed by atoms with Crippen LogP contribution >= 0.6 is 0 Å². The maximum atomic E-state index is 3.80. The third kappa shape index (κ3) is 2.50. The van der Waals surface area contributed by atoms with E-state index in [4.69, 9.17) is 0 Å². The second-order valence-corrected chi connectivity index (χ2v) is 2.97. The van der Waals surface area contributed by atoms with Gasteiger partial charge in [0.15, 0.2) is 0 Å². The lowest BCUT2D eigenvalue weighted by Crippen LogP contribution is -2.21. The van der Waals surface area contributed by atoms with E-state index in [-0.39, 0.29) is 0 Å². The minimum absolute atomic E-state index is 0.911. The van der Waals surface area contributed by atoms with Crippen molar-refractivity contribution in [2.24, 2.45) is 7.05 Å². The zero-order valence-corrected chi connectivity index (χ0v) is 7.78. The van der Waals surface area contributed by atoms with Gasteiger partial charge in [-0.1, -0.05) is 5.21 Å². The van der Waals surface area contributed by atoms with E-state index < -0.39 is 0 Å². The Morgan fingerprint density at radius 2 is 2.33 bits per heavy atom. The first-order valence-electron chi connectivity index (χ1n) is 3.93. The molecule has 5 nitrogen and oxygen atoms in total. The van der Waals surface area contributed by atoms with Gasteiger partial charge < -0.3 is 10.2 Å². The molecule has 0 fully saturated rings. The molecule has 1 aromatic heterocycles. The molecule has 0 spiro atoms. The van der Waals surface area contributed by atoms with Crippen LogP contribution in [0, 0.1) is 0 Å². The third-order valence-electron chi connectivity index (χ3n) is 1.58. The van der Waals surface area contributed by atoms with Gasteiger partial charge in [-0.25, -0.2) is 4.68 Å². The van der Waals surface area contributed by atoms with Gasteiger partial charge >= 0.3 is 0 Å². The summed E-state index contributed by atoms with van der Waals surface area (Å²) in [6.45, 7) is 1.92. The van der Waals surface area contributed by atoms with Crippen LogP contribution in [0.25, 0.3) is 0 Å². The molecule has 1 N–H and O–H groups in total. The third-order valence-corrected chi connectivity index (χ3v) is 1.58. The number of aryl methyl sites for hydroxylation is 1. The van der Waals surface area contributed by atoms with Gasteiger partial charge in [-0.15, -0.1) is 5.10 Å². The molecule has 0 radical (unpaired) electrons. The van der Waals surface area contributed by atoms with Gasteiger partial charge in [0, 0.05) is 20.1 Å². The second kappa shape index (κ2) is 4.06. The molecular weight excluding hydrogens is 154 g/mol. The zero-order chi connectivity index (χ0) is 8.97. The summed E-state index contributed by atoms with van der Waals surface area (Å²) in [4.78, 5) is 2.12. The molecule has 12 heavy (non-hydrogen) atoms. The van der Waals surface area contributed by atoms with Gasteiger partial charge in [0.2, 0.25) is 0 Å². The van der Waals surface area contributed by atoms with Crippen molar-refractivity contribution in [2.75, 3.05) is 32.5 Å². The van der Waals surface area contributed by atoms with Crippen LogP contribution in [0.2, 0.25) is 0 Å². The van der Waals surface area contributed by atoms with Gasteiger partial charge in [-0.2, -0.15) is 0 Å². The summed E-state index contributed by atoms with van der Waals surface area (Å²) < 4.78 is 1.72. The van der Waals surface area contributed by atoms with Gasteiger partial charge in [0.25, 0.3) is 0 Å². The van der Waals surface area contributed by atoms with E-state index in [0.29, 0.717) is 0 Å². The minimum atomic E-state index is 0.911. The van der Waals surface area contributed by atoms with E-state index in [1.165, 1.54) is 0 Å². The predicted octanol–water partition coefficient (Wildman–Crippen LogP) is -0.211. The topological polar surface area (TPSA) is 46.0 Å². The van der Waals surface area contributed by atoms with Crippen LogP contribution in [0.4, 0.5) is 5.82 Å². The Morgan fingerprint density at radius 3 is 2.83 bits per heavy atom. The molecule has 0 unspecified atom stereocenters. The first-order valence-corrected chi connectivity index (χ1v) is 3.93. The summed E-state index contributed by atoms with van der Waals surface area (Å²) in [6, 6.07) is 0. The number of nitrogens with zero attached hydrogens (tertiary/aromatic N) is 4. The molecule has 0 aliphatic carbocycles. The van der Waals surface area contributed by atoms with Crippen LogP contribution < -0.4 is 5.32 Å². The Bertz CT molecular complexity index is 229. The standard InChI is InChI=1S/C7H15N5/c1-11(2)5-4-8-7-6-9-10-12(7)3/h6,8H,4-5H2,1-3H3. The van der Waals surface area contributed by atoms with Crippen molar-refractivity contribution >= 4 is 5.82 Å². The van der Waals surface area contributed by atoms with E-state index in [2.05, 4.69) is 20.5 Å². The lowest BCUT2D eigenvalue weighted by atomic mass is 10.5. The van der Waals surface area contributed by atoms with Crippen molar-refractivity contribution in [3.63, 3.8) is 0 Å². The number of hydrogen-bond donors (Lipinski definition) is 1. The molecule has 0 aromatic carbocycles.